The lowest BCUT2D eigenvalue weighted by atomic mass is 9.67. The second kappa shape index (κ2) is 8.85. The predicted octanol–water partition coefficient (Wildman–Crippen LogP) is 7.48. The third kappa shape index (κ3) is 4.28. The van der Waals surface area contributed by atoms with E-state index in [9.17, 15) is 14.4 Å². The molecule has 0 saturated heterocycles. The Morgan fingerprint density at radius 1 is 0.429 bits per heavy atom. The largest absolute Gasteiger partial charge is 0.460 e. The summed E-state index contributed by atoms with van der Waals surface area (Å²) >= 11 is 0. The Kier molecular flexibility index (Phi) is 5.98. The van der Waals surface area contributed by atoms with Crippen molar-refractivity contribution in [2.75, 3.05) is 0 Å². The van der Waals surface area contributed by atoms with E-state index in [0.717, 1.165) is 38.5 Å². The van der Waals surface area contributed by atoms with Gasteiger partial charge in [0.25, 0.3) is 0 Å². The molecule has 0 N–H and O–H groups in total. The predicted molar refractivity (Wildman–Crippen MR) is 159 cm³/mol. The highest BCUT2D eigenvalue weighted by Crippen LogP contribution is 2.72. The first-order valence-electron chi connectivity index (χ1n) is 16.3. The molecule has 42 heavy (non-hydrogen) atoms. The minimum atomic E-state index is -0.513. The van der Waals surface area contributed by atoms with Crippen molar-refractivity contribution in [3.8, 4) is 0 Å². The molecule has 0 spiro atoms. The lowest BCUT2D eigenvalue weighted by Gasteiger charge is -2.38. The van der Waals surface area contributed by atoms with Crippen LogP contribution in [0.3, 0.4) is 0 Å². The van der Waals surface area contributed by atoms with Crippen LogP contribution < -0.4 is 0 Å². The van der Waals surface area contributed by atoms with Crippen LogP contribution in [0.4, 0.5) is 0 Å². The van der Waals surface area contributed by atoms with Gasteiger partial charge in [-0.2, -0.15) is 0 Å². The van der Waals surface area contributed by atoms with Crippen LogP contribution in [0.2, 0.25) is 0 Å². The Bertz CT molecular complexity index is 1200. The van der Waals surface area contributed by atoms with Gasteiger partial charge < -0.3 is 14.2 Å². The number of ether oxygens (including phenoxy) is 3. The van der Waals surface area contributed by atoms with E-state index in [1.54, 1.807) is 0 Å². The van der Waals surface area contributed by atoms with E-state index < -0.39 is 16.8 Å². The van der Waals surface area contributed by atoms with Crippen LogP contribution in [0, 0.1) is 17.8 Å². The Hall–Kier alpha value is -2.37. The zero-order valence-electron chi connectivity index (χ0n) is 26.9. The van der Waals surface area contributed by atoms with Gasteiger partial charge in [-0.15, -0.1) is 0 Å². The Labute approximate surface area is 250 Å². The zero-order valence-corrected chi connectivity index (χ0v) is 26.9. The number of benzene rings is 1. The van der Waals surface area contributed by atoms with Gasteiger partial charge in [-0.05, 0) is 170 Å². The highest BCUT2D eigenvalue weighted by atomic mass is 16.6. The number of rotatable bonds is 3. The summed E-state index contributed by atoms with van der Waals surface area (Å²) in [5.74, 6) is 0.920. The third-order valence-electron chi connectivity index (χ3n) is 10.9. The van der Waals surface area contributed by atoms with Crippen LogP contribution in [0.15, 0.2) is 0 Å². The van der Waals surface area contributed by atoms with Crippen molar-refractivity contribution in [1.82, 2.24) is 0 Å². The van der Waals surface area contributed by atoms with E-state index >= 15 is 0 Å². The second-order valence-electron chi connectivity index (χ2n) is 17.2. The lowest BCUT2D eigenvalue weighted by molar-refractivity contribution is -0.161. The molecular formula is C36H48O6. The van der Waals surface area contributed by atoms with Gasteiger partial charge in [0.1, 0.15) is 16.8 Å². The quantitative estimate of drug-likeness (QED) is 0.274. The molecule has 0 heterocycles. The summed E-state index contributed by atoms with van der Waals surface area (Å²) in [6, 6.07) is 0. The fourth-order valence-corrected chi connectivity index (χ4v) is 10.1. The average molecular weight is 577 g/mol. The summed E-state index contributed by atoms with van der Waals surface area (Å²) < 4.78 is 17.8. The monoisotopic (exact) mass is 576 g/mol. The fourth-order valence-electron chi connectivity index (χ4n) is 10.1. The van der Waals surface area contributed by atoms with Crippen LogP contribution in [0.25, 0.3) is 0 Å². The first-order chi connectivity index (χ1) is 19.4. The molecule has 9 atom stereocenters. The third-order valence-corrected chi connectivity index (χ3v) is 10.9. The van der Waals surface area contributed by atoms with Gasteiger partial charge in [0.2, 0.25) is 0 Å². The van der Waals surface area contributed by atoms with Crippen molar-refractivity contribution in [1.29, 1.82) is 0 Å². The van der Waals surface area contributed by atoms with Crippen molar-refractivity contribution in [2.24, 2.45) is 17.8 Å². The van der Waals surface area contributed by atoms with E-state index in [4.69, 9.17) is 14.2 Å². The van der Waals surface area contributed by atoms with Gasteiger partial charge in [0.05, 0.1) is 17.8 Å². The zero-order chi connectivity index (χ0) is 30.3. The molecule has 1 aromatic rings. The van der Waals surface area contributed by atoms with Crippen LogP contribution in [0.1, 0.15) is 170 Å². The standard InChI is InChI=1S/C36H48O6/c1-34(2,3)40-31(37)22-13-16-10-19(22)28-25(16)29-20-12-18(15-24(20)33(39)42-36(7,8)9)27(29)30-21-11-17(26(28)30)14-23(21)32(38)41-35(4,5)6/h16-24H,10-15H2,1-9H3/t16-,17-,18-,19+,20+,21+,22+,23+,24+/m0/s1. The number of carbonyl (C=O) groups is 3. The smallest absolute Gasteiger partial charge is 0.310 e. The molecule has 0 aromatic heterocycles. The summed E-state index contributed by atoms with van der Waals surface area (Å²) in [7, 11) is 0. The molecule has 228 valence electrons. The highest BCUT2D eigenvalue weighted by molar-refractivity contribution is 5.82. The minimum absolute atomic E-state index is 0.0714. The first kappa shape index (κ1) is 28.4. The number of esters is 3. The van der Waals surface area contributed by atoms with Gasteiger partial charge in [-0.25, -0.2) is 0 Å². The van der Waals surface area contributed by atoms with Crippen molar-refractivity contribution in [3.05, 3.63) is 33.4 Å². The minimum Gasteiger partial charge on any atom is -0.460 e. The maximum absolute atomic E-state index is 13.5. The van der Waals surface area contributed by atoms with E-state index in [1.165, 1.54) is 33.4 Å². The van der Waals surface area contributed by atoms with Crippen LogP contribution in [0.5, 0.6) is 0 Å². The van der Waals surface area contributed by atoms with Gasteiger partial charge in [-0.1, -0.05) is 0 Å². The summed E-state index contributed by atoms with van der Waals surface area (Å²) in [5, 5.41) is 0. The van der Waals surface area contributed by atoms with E-state index in [0.29, 0.717) is 17.8 Å². The normalized spacial score (nSPS) is 35.2. The van der Waals surface area contributed by atoms with E-state index in [1.807, 2.05) is 62.3 Å². The summed E-state index contributed by atoms with van der Waals surface area (Å²) in [6.45, 7) is 17.5. The summed E-state index contributed by atoms with van der Waals surface area (Å²) in [5.41, 5.74) is 7.08. The lowest BCUT2D eigenvalue weighted by Crippen LogP contribution is -2.34. The molecule has 0 aliphatic heterocycles. The molecule has 7 rings (SSSR count). The maximum Gasteiger partial charge on any atom is 0.310 e. The topological polar surface area (TPSA) is 78.9 Å². The number of hydrogen-bond acceptors (Lipinski definition) is 6. The second-order valence-corrected chi connectivity index (χ2v) is 17.2. The van der Waals surface area contributed by atoms with Crippen molar-refractivity contribution in [3.63, 3.8) is 0 Å². The van der Waals surface area contributed by atoms with E-state index in [2.05, 4.69) is 0 Å². The van der Waals surface area contributed by atoms with Gasteiger partial charge in [0.15, 0.2) is 0 Å². The molecule has 1 aromatic carbocycles. The SMILES string of the molecule is CC(C)(C)OC(=O)[C@@H]1C[C@@H]2C[C@H]1c1c2c2c(c3c1[C@@H]1C[C@@H](C(=O)OC(C)(C)C)[C@H]3C1)[C@@H]1C[C@@H](C(=O)OC(C)(C)C)[C@H]2C1. The molecular weight excluding hydrogens is 528 g/mol. The molecule has 6 nitrogen and oxygen atoms in total. The Morgan fingerprint density at radius 3 is 0.881 bits per heavy atom. The van der Waals surface area contributed by atoms with Gasteiger partial charge in [-0.3, -0.25) is 14.4 Å². The maximum atomic E-state index is 13.5. The number of hydrogen-bond donors (Lipinski definition) is 0. The van der Waals surface area contributed by atoms with Crippen molar-refractivity contribution in [2.45, 2.75) is 153 Å². The highest BCUT2D eigenvalue weighted by Gasteiger charge is 2.61. The first-order valence-corrected chi connectivity index (χ1v) is 16.3. The molecule has 6 heteroatoms. The molecule has 0 radical (unpaired) electrons. The van der Waals surface area contributed by atoms with Crippen molar-refractivity contribution < 1.29 is 28.6 Å². The molecule has 6 aliphatic rings. The molecule has 3 saturated carbocycles. The summed E-state index contributed by atoms with van der Waals surface area (Å²) in [4.78, 5) is 40.5. The van der Waals surface area contributed by atoms with Crippen LogP contribution in [-0.4, -0.2) is 34.7 Å². The number of carbonyl (C=O) groups excluding carboxylic acids is 3. The van der Waals surface area contributed by atoms with Gasteiger partial charge >= 0.3 is 17.9 Å². The molecule has 6 bridgehead atoms. The molecule has 0 amide bonds. The van der Waals surface area contributed by atoms with Gasteiger partial charge in [0, 0.05) is 0 Å². The van der Waals surface area contributed by atoms with Crippen LogP contribution >= 0.6 is 0 Å². The average Bonchev–Trinajstić information content (AvgIpc) is 3.66. The Morgan fingerprint density at radius 2 is 0.667 bits per heavy atom. The molecule has 0 unspecified atom stereocenters. The Balaban J connectivity index is 1.33. The molecule has 3 fully saturated rings. The van der Waals surface area contributed by atoms with Crippen molar-refractivity contribution >= 4 is 17.9 Å². The number of fused-ring (bicyclic) bond motifs is 18. The summed E-state index contributed by atoms with van der Waals surface area (Å²) in [6.07, 6.45) is 5.47. The van der Waals surface area contributed by atoms with E-state index in [-0.39, 0.29) is 53.4 Å². The molecule has 6 aliphatic carbocycles. The fraction of sp³-hybridized carbons (Fsp3) is 0.750. The van der Waals surface area contributed by atoms with Crippen LogP contribution in [-0.2, 0) is 28.6 Å².